The third-order valence-corrected chi connectivity index (χ3v) is 6.62. The van der Waals surface area contributed by atoms with Gasteiger partial charge in [-0.05, 0) is 55.0 Å². The number of aromatic hydroxyl groups is 2. The van der Waals surface area contributed by atoms with Crippen molar-refractivity contribution >= 4 is 22.1 Å². The number of hydrogen-bond acceptors (Lipinski definition) is 12. The Labute approximate surface area is 255 Å². The van der Waals surface area contributed by atoms with E-state index >= 15 is 0 Å². The lowest BCUT2D eigenvalue weighted by atomic mass is 10.3. The molecule has 0 unspecified atom stereocenters. The normalized spacial score (nSPS) is 11.2. The molecule has 224 valence electrons. The molecule has 0 amide bonds. The lowest BCUT2D eigenvalue weighted by Gasteiger charge is -2.11. The van der Waals surface area contributed by atoms with Gasteiger partial charge >= 0.3 is 18.0 Å². The number of benzene rings is 4. The lowest BCUT2D eigenvalue weighted by molar-refractivity contribution is 0.271. The first-order valence-corrected chi connectivity index (χ1v) is 14.1. The molecule has 0 aliphatic heterocycles. The Morgan fingerprint density at radius 1 is 0.578 bits per heavy atom. The number of rotatable bonds is 10. The van der Waals surface area contributed by atoms with Gasteiger partial charge in [0.25, 0.3) is 0 Å². The largest absolute Gasteiger partial charge is 0.505 e. The summed E-state index contributed by atoms with van der Waals surface area (Å²) in [7, 11) is 0. The first-order valence-electron chi connectivity index (χ1n) is 14.1. The van der Waals surface area contributed by atoms with Gasteiger partial charge in [-0.25, -0.2) is 0 Å². The van der Waals surface area contributed by atoms with Gasteiger partial charge in [0.2, 0.25) is 0 Å². The van der Waals surface area contributed by atoms with Gasteiger partial charge in [-0.3, -0.25) is 0 Å². The van der Waals surface area contributed by atoms with Crippen LogP contribution >= 0.6 is 0 Å². The highest BCUT2D eigenvalue weighted by Gasteiger charge is 2.16. The predicted molar refractivity (Wildman–Crippen MR) is 161 cm³/mol. The summed E-state index contributed by atoms with van der Waals surface area (Å²) in [6.45, 7) is 2.41. The van der Waals surface area contributed by atoms with Gasteiger partial charge in [0.15, 0.2) is 0 Å². The molecule has 45 heavy (non-hydrogen) atoms. The van der Waals surface area contributed by atoms with E-state index in [9.17, 15) is 10.2 Å². The number of aromatic nitrogens is 9. The van der Waals surface area contributed by atoms with E-state index in [1.807, 2.05) is 55.5 Å². The Morgan fingerprint density at radius 2 is 1.00 bits per heavy atom. The van der Waals surface area contributed by atoms with Crippen molar-refractivity contribution in [1.29, 1.82) is 0 Å². The topological polar surface area (TPSA) is 168 Å². The quantitative estimate of drug-likeness (QED) is 0.188. The second kappa shape index (κ2) is 11.8. The summed E-state index contributed by atoms with van der Waals surface area (Å²) >= 11 is 0. The highest BCUT2D eigenvalue weighted by Crippen LogP contribution is 2.32. The van der Waals surface area contributed by atoms with Crippen LogP contribution in [0.4, 0.5) is 0 Å². The predicted octanol–water partition coefficient (Wildman–Crippen LogP) is 5.51. The number of phenols is 2. The Kier molecular flexibility index (Phi) is 7.19. The zero-order chi connectivity index (χ0) is 30.8. The fourth-order valence-electron chi connectivity index (χ4n) is 4.40. The molecule has 0 aliphatic rings. The first-order chi connectivity index (χ1) is 22.0. The minimum atomic E-state index is -0.130. The summed E-state index contributed by atoms with van der Waals surface area (Å²) < 4.78 is 17.4. The van der Waals surface area contributed by atoms with Crippen LogP contribution in [0.5, 0.6) is 41.0 Å². The maximum absolute atomic E-state index is 10.7. The molecule has 0 saturated heterocycles. The van der Waals surface area contributed by atoms with Crippen molar-refractivity contribution in [3.63, 3.8) is 0 Å². The summed E-state index contributed by atoms with van der Waals surface area (Å²) in [5.74, 6) is 0.247. The van der Waals surface area contributed by atoms with Gasteiger partial charge in [0, 0.05) is 12.1 Å². The van der Waals surface area contributed by atoms with E-state index in [0.29, 0.717) is 40.0 Å². The molecule has 0 aliphatic carbocycles. The van der Waals surface area contributed by atoms with E-state index in [-0.39, 0.29) is 41.0 Å². The fraction of sp³-hybridized carbons (Fsp3) is 0.129. The van der Waals surface area contributed by atoms with Crippen LogP contribution in [0.1, 0.15) is 19.8 Å². The first kappa shape index (κ1) is 27.5. The van der Waals surface area contributed by atoms with E-state index in [1.165, 1.54) is 21.7 Å². The molecule has 0 bridgehead atoms. The number of unbranched alkanes of at least 4 members (excludes halogenated alkanes) is 1. The highest BCUT2D eigenvalue weighted by atomic mass is 16.5. The Bertz CT molecular complexity index is 1940. The second-order valence-electron chi connectivity index (χ2n) is 9.85. The smallest absolute Gasteiger partial charge is 0.331 e. The van der Waals surface area contributed by atoms with Crippen molar-refractivity contribution in [2.75, 3.05) is 6.61 Å². The van der Waals surface area contributed by atoms with E-state index in [1.54, 1.807) is 24.3 Å². The van der Waals surface area contributed by atoms with E-state index in [0.717, 1.165) is 12.8 Å². The molecule has 7 aromatic rings. The lowest BCUT2D eigenvalue weighted by Crippen LogP contribution is -2.05. The Hall–Kier alpha value is -6.31. The fourth-order valence-corrected chi connectivity index (χ4v) is 4.40. The van der Waals surface area contributed by atoms with Crippen LogP contribution in [0.2, 0.25) is 0 Å². The van der Waals surface area contributed by atoms with Crippen LogP contribution in [0.25, 0.3) is 33.4 Å². The molecule has 3 aromatic heterocycles. The van der Waals surface area contributed by atoms with Crippen LogP contribution in [0, 0.1) is 0 Å². The van der Waals surface area contributed by atoms with Gasteiger partial charge in [0.05, 0.1) is 6.61 Å². The average molecular weight is 604 g/mol. The molecule has 0 radical (unpaired) electrons. The minimum absolute atomic E-state index is 0.00926. The van der Waals surface area contributed by atoms with Crippen molar-refractivity contribution in [3.8, 4) is 52.4 Å². The average Bonchev–Trinajstić information content (AvgIpc) is 3.66. The van der Waals surface area contributed by atoms with E-state index in [2.05, 4.69) is 35.3 Å². The summed E-state index contributed by atoms with van der Waals surface area (Å²) in [4.78, 5) is 15.5. The van der Waals surface area contributed by atoms with Crippen molar-refractivity contribution in [2.24, 2.45) is 0 Å². The van der Waals surface area contributed by atoms with Crippen LogP contribution < -0.4 is 14.2 Å². The summed E-state index contributed by atoms with van der Waals surface area (Å²) in [5.41, 5.74) is 3.51. The molecule has 14 heteroatoms. The maximum Gasteiger partial charge on any atom is 0.331 e. The molecule has 0 fully saturated rings. The molecule has 14 nitrogen and oxygen atoms in total. The van der Waals surface area contributed by atoms with Gasteiger partial charge in [0.1, 0.15) is 56.4 Å². The standard InChI is InChI=1S/C31H25N9O5/c1-2-3-16-43-29-32-30(44-19-12-14-25(27(41)17-19)39-35-21-8-4-5-9-22(21)36-39)34-31(33-29)45-20-13-15-26(28(42)18-20)40-37-23-10-6-7-11-24(23)38-40/h4-15,17-18,41-42H,2-3,16H2,1H3. The molecule has 2 N–H and O–H groups in total. The van der Waals surface area contributed by atoms with E-state index in [4.69, 9.17) is 14.2 Å². The highest BCUT2D eigenvalue weighted by molar-refractivity contribution is 5.74. The van der Waals surface area contributed by atoms with Crippen LogP contribution in [0.3, 0.4) is 0 Å². The molecular weight excluding hydrogens is 578 g/mol. The zero-order valence-corrected chi connectivity index (χ0v) is 23.8. The zero-order valence-electron chi connectivity index (χ0n) is 23.8. The SMILES string of the molecule is CCCCOc1nc(Oc2ccc(-n3nc4ccccc4n3)c(O)c2)nc(Oc2ccc(-n3nc4ccccc4n3)c(O)c2)n1. The summed E-state index contributed by atoms with van der Waals surface area (Å²) in [5, 5.41) is 39.1. The van der Waals surface area contributed by atoms with Crippen molar-refractivity contribution < 1.29 is 24.4 Å². The van der Waals surface area contributed by atoms with Gasteiger partial charge in [-0.2, -0.15) is 0 Å². The van der Waals surface area contributed by atoms with Crippen molar-refractivity contribution in [3.05, 3.63) is 84.9 Å². The molecule has 0 spiro atoms. The van der Waals surface area contributed by atoms with E-state index < -0.39 is 0 Å². The molecule has 0 atom stereocenters. The number of hydrogen-bond donors (Lipinski definition) is 2. The van der Waals surface area contributed by atoms with Gasteiger partial charge < -0.3 is 24.4 Å². The minimum Gasteiger partial charge on any atom is -0.505 e. The Morgan fingerprint density at radius 3 is 1.40 bits per heavy atom. The third-order valence-electron chi connectivity index (χ3n) is 6.62. The van der Waals surface area contributed by atoms with Crippen molar-refractivity contribution in [1.82, 2.24) is 44.9 Å². The van der Waals surface area contributed by atoms with Crippen molar-refractivity contribution in [2.45, 2.75) is 19.8 Å². The monoisotopic (exact) mass is 603 g/mol. The summed E-state index contributed by atoms with van der Waals surface area (Å²) in [6.07, 6.45) is 1.70. The Balaban J connectivity index is 1.14. The second-order valence-corrected chi connectivity index (χ2v) is 9.85. The molecular formula is C31H25N9O5. The number of nitrogens with zero attached hydrogens (tertiary/aromatic N) is 9. The third kappa shape index (κ3) is 5.84. The number of phenolic OH excluding ortho intramolecular Hbond substituents is 2. The molecule has 3 heterocycles. The van der Waals surface area contributed by atoms with Crippen LogP contribution in [0.15, 0.2) is 84.9 Å². The number of ether oxygens (including phenoxy) is 3. The van der Waals surface area contributed by atoms with Crippen LogP contribution in [-0.4, -0.2) is 61.8 Å². The van der Waals surface area contributed by atoms with Crippen LogP contribution in [-0.2, 0) is 0 Å². The van der Waals surface area contributed by atoms with Gasteiger partial charge in [-0.1, -0.05) is 37.6 Å². The molecule has 7 rings (SSSR count). The van der Waals surface area contributed by atoms with Gasteiger partial charge in [-0.15, -0.1) is 44.9 Å². The maximum atomic E-state index is 10.7. The number of fused-ring (bicyclic) bond motifs is 2. The molecule has 4 aromatic carbocycles. The molecule has 0 saturated carbocycles. The summed E-state index contributed by atoms with van der Waals surface area (Å²) in [6, 6.07) is 23.8.